The first-order chi connectivity index (χ1) is 11.0. The Morgan fingerprint density at radius 3 is 2.70 bits per heavy atom. The zero-order valence-corrected chi connectivity index (χ0v) is 14.3. The van der Waals surface area contributed by atoms with Crippen molar-refractivity contribution in [2.45, 2.75) is 43.0 Å². The summed E-state index contributed by atoms with van der Waals surface area (Å²) in [5.74, 6) is 0. The molecule has 0 amide bonds. The Morgan fingerprint density at radius 2 is 1.96 bits per heavy atom. The molecule has 0 radical (unpaired) electrons. The summed E-state index contributed by atoms with van der Waals surface area (Å²) in [6.45, 7) is 3.77. The van der Waals surface area contributed by atoms with Gasteiger partial charge in [0, 0.05) is 12.1 Å². The summed E-state index contributed by atoms with van der Waals surface area (Å²) in [5, 5.41) is 5.50. The highest BCUT2D eigenvalue weighted by atomic mass is 32.2. The van der Waals surface area contributed by atoms with Crippen LogP contribution in [0.15, 0.2) is 47.4 Å². The van der Waals surface area contributed by atoms with E-state index in [0.29, 0.717) is 11.4 Å². The van der Waals surface area contributed by atoms with E-state index in [1.54, 1.807) is 12.1 Å². The quantitative estimate of drug-likeness (QED) is 0.800. The summed E-state index contributed by atoms with van der Waals surface area (Å²) in [6, 6.07) is 13.0. The molecule has 0 saturated carbocycles. The van der Waals surface area contributed by atoms with Crippen LogP contribution in [0.3, 0.4) is 0 Å². The minimum atomic E-state index is -3.44. The first-order valence-electron chi connectivity index (χ1n) is 8.22. The van der Waals surface area contributed by atoms with E-state index in [4.69, 9.17) is 0 Å². The second kappa shape index (κ2) is 6.59. The number of hydrogen-bond acceptors (Lipinski definition) is 3. The molecule has 5 heteroatoms. The standard InChI is InChI=1S/C18H24N2O2S/c1-18(10-4-12-19-18)11-5-13-20-23(21,22)17-9-8-15-6-2-3-7-16(15)14-17/h2-3,6-9,14,19-20H,4-5,10-13H2,1H3/t18-/m0/s1. The van der Waals surface area contributed by atoms with Crippen molar-refractivity contribution in [2.24, 2.45) is 0 Å². The fourth-order valence-electron chi connectivity index (χ4n) is 3.27. The van der Waals surface area contributed by atoms with E-state index < -0.39 is 10.0 Å². The Morgan fingerprint density at radius 1 is 1.17 bits per heavy atom. The van der Waals surface area contributed by atoms with Gasteiger partial charge in [-0.1, -0.05) is 30.3 Å². The number of rotatable bonds is 6. The predicted octanol–water partition coefficient (Wildman–Crippen LogP) is 3.04. The molecule has 1 atom stereocenters. The Balaban J connectivity index is 1.61. The van der Waals surface area contributed by atoms with E-state index in [-0.39, 0.29) is 5.54 Å². The molecule has 23 heavy (non-hydrogen) atoms. The van der Waals surface area contributed by atoms with Crippen LogP contribution in [0.4, 0.5) is 0 Å². The molecule has 4 nitrogen and oxygen atoms in total. The SMILES string of the molecule is C[C@@]1(CCCNS(=O)(=O)c2ccc3ccccc3c2)CCCN1. The lowest BCUT2D eigenvalue weighted by Gasteiger charge is -2.24. The molecule has 124 valence electrons. The lowest BCUT2D eigenvalue weighted by molar-refractivity contribution is 0.373. The van der Waals surface area contributed by atoms with Crippen LogP contribution in [0, 0.1) is 0 Å². The zero-order valence-electron chi connectivity index (χ0n) is 13.5. The molecule has 1 saturated heterocycles. The smallest absolute Gasteiger partial charge is 0.240 e. The van der Waals surface area contributed by atoms with E-state index in [0.717, 1.165) is 30.2 Å². The summed E-state index contributed by atoms with van der Waals surface area (Å²) in [7, 11) is -3.44. The van der Waals surface area contributed by atoms with Crippen molar-refractivity contribution in [3.05, 3.63) is 42.5 Å². The Hall–Kier alpha value is -1.43. The lowest BCUT2D eigenvalue weighted by atomic mass is 9.94. The van der Waals surface area contributed by atoms with Crippen molar-refractivity contribution in [3.8, 4) is 0 Å². The van der Waals surface area contributed by atoms with Gasteiger partial charge >= 0.3 is 0 Å². The van der Waals surface area contributed by atoms with E-state index in [1.807, 2.05) is 30.3 Å². The maximum absolute atomic E-state index is 12.4. The van der Waals surface area contributed by atoms with Crippen molar-refractivity contribution in [1.29, 1.82) is 0 Å². The van der Waals surface area contributed by atoms with Gasteiger partial charge in [0.05, 0.1) is 4.90 Å². The van der Waals surface area contributed by atoms with E-state index in [2.05, 4.69) is 17.0 Å². The molecular formula is C18H24N2O2S. The number of benzene rings is 2. The molecule has 2 aromatic rings. The van der Waals surface area contributed by atoms with Crippen LogP contribution in [0.1, 0.15) is 32.6 Å². The summed E-state index contributed by atoms with van der Waals surface area (Å²) < 4.78 is 27.6. The molecule has 1 heterocycles. The largest absolute Gasteiger partial charge is 0.312 e. The first-order valence-corrected chi connectivity index (χ1v) is 9.70. The van der Waals surface area contributed by atoms with Gasteiger partial charge in [-0.3, -0.25) is 0 Å². The molecule has 0 unspecified atom stereocenters. The highest BCUT2D eigenvalue weighted by Gasteiger charge is 2.27. The van der Waals surface area contributed by atoms with Crippen molar-refractivity contribution >= 4 is 20.8 Å². The number of sulfonamides is 1. The molecule has 0 aromatic heterocycles. The third-order valence-corrected chi connectivity index (χ3v) is 6.14. The topological polar surface area (TPSA) is 58.2 Å². The van der Waals surface area contributed by atoms with Crippen molar-refractivity contribution in [3.63, 3.8) is 0 Å². The highest BCUT2D eigenvalue weighted by molar-refractivity contribution is 7.89. The first kappa shape index (κ1) is 16.4. The van der Waals surface area contributed by atoms with Crippen LogP contribution in [-0.4, -0.2) is 27.0 Å². The fraction of sp³-hybridized carbons (Fsp3) is 0.444. The maximum Gasteiger partial charge on any atom is 0.240 e. The normalized spacial score (nSPS) is 21.8. The van der Waals surface area contributed by atoms with Gasteiger partial charge < -0.3 is 5.32 Å². The van der Waals surface area contributed by atoms with Gasteiger partial charge in [0.25, 0.3) is 0 Å². The molecular weight excluding hydrogens is 308 g/mol. The van der Waals surface area contributed by atoms with Gasteiger partial charge in [-0.2, -0.15) is 0 Å². The second-order valence-electron chi connectivity index (χ2n) is 6.60. The van der Waals surface area contributed by atoms with Crippen molar-refractivity contribution in [2.75, 3.05) is 13.1 Å². The number of fused-ring (bicyclic) bond motifs is 1. The zero-order chi connectivity index (χ0) is 16.3. The number of hydrogen-bond donors (Lipinski definition) is 2. The van der Waals surface area contributed by atoms with Crippen LogP contribution in [0.25, 0.3) is 10.8 Å². The maximum atomic E-state index is 12.4. The highest BCUT2D eigenvalue weighted by Crippen LogP contribution is 2.23. The Kier molecular flexibility index (Phi) is 4.71. The van der Waals surface area contributed by atoms with Crippen LogP contribution in [0.5, 0.6) is 0 Å². The lowest BCUT2D eigenvalue weighted by Crippen LogP contribution is -2.37. The van der Waals surface area contributed by atoms with Crippen LogP contribution < -0.4 is 10.0 Å². The minimum absolute atomic E-state index is 0.175. The number of nitrogens with one attached hydrogen (secondary N) is 2. The molecule has 0 aliphatic carbocycles. The van der Waals surface area contributed by atoms with Crippen LogP contribution >= 0.6 is 0 Å². The van der Waals surface area contributed by atoms with E-state index >= 15 is 0 Å². The monoisotopic (exact) mass is 332 g/mol. The molecule has 0 spiro atoms. The second-order valence-corrected chi connectivity index (χ2v) is 8.37. The molecule has 1 aliphatic heterocycles. The summed E-state index contributed by atoms with van der Waals surface area (Å²) >= 11 is 0. The molecule has 3 rings (SSSR count). The minimum Gasteiger partial charge on any atom is -0.312 e. The molecule has 0 bridgehead atoms. The Bertz CT molecular complexity index is 780. The van der Waals surface area contributed by atoms with E-state index in [1.165, 1.54) is 12.8 Å². The van der Waals surface area contributed by atoms with Gasteiger partial charge in [-0.05, 0) is 62.1 Å². The predicted molar refractivity (Wildman–Crippen MR) is 94.0 cm³/mol. The van der Waals surface area contributed by atoms with Gasteiger partial charge in [-0.15, -0.1) is 0 Å². The third kappa shape index (κ3) is 3.91. The molecule has 2 N–H and O–H groups in total. The van der Waals surface area contributed by atoms with Crippen molar-refractivity contribution in [1.82, 2.24) is 10.0 Å². The molecule has 2 aromatic carbocycles. The Labute approximate surface area is 138 Å². The van der Waals surface area contributed by atoms with Gasteiger partial charge in [0.15, 0.2) is 0 Å². The summed E-state index contributed by atoms with van der Waals surface area (Å²) in [6.07, 6.45) is 4.22. The van der Waals surface area contributed by atoms with Gasteiger partial charge in [0.2, 0.25) is 10.0 Å². The fourth-order valence-corrected chi connectivity index (χ4v) is 4.38. The molecule has 1 aliphatic rings. The van der Waals surface area contributed by atoms with Gasteiger partial charge in [0.1, 0.15) is 0 Å². The summed E-state index contributed by atoms with van der Waals surface area (Å²) in [5.41, 5.74) is 0.175. The average molecular weight is 332 g/mol. The van der Waals surface area contributed by atoms with Crippen LogP contribution in [-0.2, 0) is 10.0 Å². The van der Waals surface area contributed by atoms with Crippen LogP contribution in [0.2, 0.25) is 0 Å². The third-order valence-electron chi connectivity index (χ3n) is 4.69. The van der Waals surface area contributed by atoms with Gasteiger partial charge in [-0.25, -0.2) is 13.1 Å². The van der Waals surface area contributed by atoms with E-state index in [9.17, 15) is 8.42 Å². The molecule has 1 fully saturated rings. The van der Waals surface area contributed by atoms with Crippen molar-refractivity contribution < 1.29 is 8.42 Å². The average Bonchev–Trinajstić information content (AvgIpc) is 2.98. The summed E-state index contributed by atoms with van der Waals surface area (Å²) in [4.78, 5) is 0.335.